The third-order valence-electron chi connectivity index (χ3n) is 3.47. The van der Waals surface area contributed by atoms with Gasteiger partial charge in [-0.15, -0.1) is 0 Å². The molecule has 0 atom stereocenters. The number of hydrogen-bond acceptors (Lipinski definition) is 2. The van der Waals surface area contributed by atoms with Gasteiger partial charge in [-0.1, -0.05) is 0 Å². The second-order valence-electron chi connectivity index (χ2n) is 6.13. The first-order valence-corrected chi connectivity index (χ1v) is 15.2. The van der Waals surface area contributed by atoms with Crippen molar-refractivity contribution in [3.05, 3.63) is 36.4 Å². The van der Waals surface area contributed by atoms with Crippen molar-refractivity contribution in [3.8, 4) is 23.0 Å². The van der Waals surface area contributed by atoms with Crippen LogP contribution in [0.15, 0.2) is 36.4 Å². The van der Waals surface area contributed by atoms with Gasteiger partial charge < -0.3 is 0 Å². The van der Waals surface area contributed by atoms with Gasteiger partial charge in [0, 0.05) is 0 Å². The molecule has 2 heterocycles. The number of thiophene rings is 1. The van der Waals surface area contributed by atoms with Crippen molar-refractivity contribution in [1.29, 1.82) is 0 Å². The zero-order valence-corrected chi connectivity index (χ0v) is 15.5. The number of aromatic nitrogens is 2. The Balaban J connectivity index is 2.18. The molecule has 0 saturated carbocycles. The molecule has 0 aliphatic carbocycles. The van der Waals surface area contributed by atoms with Gasteiger partial charge in [-0.25, -0.2) is 0 Å². The summed E-state index contributed by atoms with van der Waals surface area (Å²) in [4.78, 5) is 6.02. The molecule has 2 aromatic heterocycles. The fraction of sp³-hybridized carbons (Fsp3) is 0.235. The Morgan fingerprint density at radius 3 is 2.62 bits per heavy atom. The summed E-state index contributed by atoms with van der Waals surface area (Å²) >= 11 is 0.0973. The molecule has 0 saturated heterocycles. The summed E-state index contributed by atoms with van der Waals surface area (Å²) in [6.07, 6.45) is 5.55. The summed E-state index contributed by atoms with van der Waals surface area (Å²) in [5.41, 5.74) is 2.12. The van der Waals surface area contributed by atoms with Crippen molar-refractivity contribution in [1.82, 2.24) is 9.55 Å². The molecule has 106 valence electrons. The number of rotatable bonds is 3. The molecule has 21 heavy (non-hydrogen) atoms. The van der Waals surface area contributed by atoms with Crippen LogP contribution in [0.25, 0.3) is 21.7 Å². The SMILES string of the molecule is C#CCn1c(-c2cc[c]([Ge]([CH3])([CH3])[CH3])s2)nc2ccccc21. The predicted octanol–water partition coefficient (Wildman–Crippen LogP) is 3.94. The molecule has 1 aromatic carbocycles. The van der Waals surface area contributed by atoms with E-state index in [2.05, 4.69) is 46.0 Å². The number of hydrogen-bond donors (Lipinski definition) is 0. The number of benzene rings is 1. The Morgan fingerprint density at radius 2 is 1.95 bits per heavy atom. The summed E-state index contributed by atoms with van der Waals surface area (Å²) in [5, 5.41) is 0. The van der Waals surface area contributed by atoms with Crippen molar-refractivity contribution in [2.45, 2.75) is 23.8 Å². The minimum atomic E-state index is -1.78. The van der Waals surface area contributed by atoms with E-state index in [9.17, 15) is 0 Å². The molecule has 0 aliphatic rings. The van der Waals surface area contributed by atoms with E-state index in [-0.39, 0.29) is 0 Å². The van der Waals surface area contributed by atoms with Crippen LogP contribution in [0.1, 0.15) is 0 Å². The Morgan fingerprint density at radius 1 is 1.19 bits per heavy atom. The third-order valence-corrected chi connectivity index (χ3v) is 11.6. The molecule has 0 aliphatic heterocycles. The Kier molecular flexibility index (Phi) is 3.68. The summed E-state index contributed by atoms with van der Waals surface area (Å²) in [5.74, 6) is 11.0. The Bertz CT molecular complexity index is 830. The van der Waals surface area contributed by atoms with E-state index in [1.54, 1.807) is 3.71 Å². The van der Waals surface area contributed by atoms with Gasteiger partial charge in [-0.3, -0.25) is 0 Å². The summed E-state index contributed by atoms with van der Waals surface area (Å²) < 4.78 is 3.69. The normalized spacial score (nSPS) is 11.7. The first-order chi connectivity index (χ1) is 10.0. The van der Waals surface area contributed by atoms with E-state index in [4.69, 9.17) is 11.4 Å². The molecule has 0 radical (unpaired) electrons. The summed E-state index contributed by atoms with van der Waals surface area (Å²) in [6, 6.07) is 12.7. The second kappa shape index (κ2) is 5.36. The molecule has 0 fully saturated rings. The van der Waals surface area contributed by atoms with Crippen molar-refractivity contribution >= 4 is 39.3 Å². The van der Waals surface area contributed by atoms with E-state index < -0.39 is 13.3 Å². The number of fused-ring (bicyclic) bond motifs is 1. The van der Waals surface area contributed by atoms with Crippen molar-refractivity contribution in [2.75, 3.05) is 0 Å². The van der Waals surface area contributed by atoms with Crippen LogP contribution in [0.4, 0.5) is 0 Å². The van der Waals surface area contributed by atoms with Crippen LogP contribution in [-0.4, -0.2) is 22.8 Å². The van der Waals surface area contributed by atoms with Crippen LogP contribution >= 0.6 is 11.3 Å². The van der Waals surface area contributed by atoms with Gasteiger partial charge in [-0.2, -0.15) is 0 Å². The average molecular weight is 355 g/mol. The fourth-order valence-electron chi connectivity index (χ4n) is 2.38. The molecule has 3 rings (SSSR count). The minimum absolute atomic E-state index is 0.556. The monoisotopic (exact) mass is 356 g/mol. The molecular weight excluding hydrogens is 337 g/mol. The van der Waals surface area contributed by atoms with Crippen LogP contribution in [0.2, 0.25) is 17.3 Å². The molecular formula is C17H18GeN2S. The van der Waals surface area contributed by atoms with Crippen molar-refractivity contribution in [3.63, 3.8) is 0 Å². The first-order valence-electron chi connectivity index (χ1n) is 7.00. The third kappa shape index (κ3) is 2.66. The number of nitrogens with zero attached hydrogens (tertiary/aromatic N) is 2. The van der Waals surface area contributed by atoms with E-state index in [0.717, 1.165) is 16.9 Å². The molecule has 0 bridgehead atoms. The van der Waals surface area contributed by atoms with Gasteiger partial charge in [0.05, 0.1) is 0 Å². The maximum atomic E-state index is 5.55. The first kappa shape index (κ1) is 14.4. The van der Waals surface area contributed by atoms with E-state index in [1.807, 2.05) is 29.5 Å². The molecule has 4 heteroatoms. The quantitative estimate of drug-likeness (QED) is 0.514. The van der Waals surface area contributed by atoms with Crippen LogP contribution in [0.3, 0.4) is 0 Å². The molecule has 0 spiro atoms. The number of imidazole rings is 1. The fourth-order valence-corrected chi connectivity index (χ4v) is 7.28. The zero-order valence-electron chi connectivity index (χ0n) is 12.6. The van der Waals surface area contributed by atoms with Crippen LogP contribution in [-0.2, 0) is 6.54 Å². The summed E-state index contributed by atoms with van der Waals surface area (Å²) in [7, 11) is 0. The molecule has 0 unspecified atom stereocenters. The van der Waals surface area contributed by atoms with E-state index >= 15 is 0 Å². The number of terminal acetylenes is 1. The van der Waals surface area contributed by atoms with E-state index in [0.29, 0.717) is 6.54 Å². The molecule has 0 amide bonds. The van der Waals surface area contributed by atoms with Gasteiger partial charge in [0.2, 0.25) is 0 Å². The second-order valence-corrected chi connectivity index (χ2v) is 18.5. The van der Waals surface area contributed by atoms with Crippen LogP contribution in [0, 0.1) is 12.3 Å². The maximum absolute atomic E-state index is 5.55. The van der Waals surface area contributed by atoms with Crippen molar-refractivity contribution < 1.29 is 0 Å². The molecule has 3 aromatic rings. The van der Waals surface area contributed by atoms with Gasteiger partial charge in [0.15, 0.2) is 0 Å². The van der Waals surface area contributed by atoms with Crippen LogP contribution < -0.4 is 3.71 Å². The van der Waals surface area contributed by atoms with Gasteiger partial charge in [-0.05, 0) is 0 Å². The number of para-hydroxylation sites is 2. The van der Waals surface area contributed by atoms with Crippen molar-refractivity contribution in [2.24, 2.45) is 0 Å². The predicted molar refractivity (Wildman–Crippen MR) is 94.9 cm³/mol. The Labute approximate surface area is 132 Å². The molecule has 2 nitrogen and oxygen atoms in total. The van der Waals surface area contributed by atoms with Gasteiger partial charge in [0.25, 0.3) is 0 Å². The van der Waals surface area contributed by atoms with Gasteiger partial charge >= 0.3 is 132 Å². The van der Waals surface area contributed by atoms with E-state index in [1.165, 1.54) is 4.88 Å². The molecule has 0 N–H and O–H groups in total. The van der Waals surface area contributed by atoms with Gasteiger partial charge in [0.1, 0.15) is 0 Å². The summed E-state index contributed by atoms with van der Waals surface area (Å²) in [6.45, 7) is 0.556. The topological polar surface area (TPSA) is 17.8 Å². The van der Waals surface area contributed by atoms with Crippen LogP contribution in [0.5, 0.6) is 0 Å². The average Bonchev–Trinajstić information content (AvgIpc) is 3.03. The Hall–Kier alpha value is -1.51. The zero-order chi connectivity index (χ0) is 15.0. The standard InChI is InChI=1S/C17H18GeN2S/c1-5-12-20-14-9-7-6-8-13(14)19-17(20)15-10-11-16(21-15)18(2,3)4/h1,6-11H,12H2,2-4H3.